The number of amides is 5. The number of hydrogen-bond acceptors (Lipinski definition) is 9. The summed E-state index contributed by atoms with van der Waals surface area (Å²) in [5, 5.41) is 26.0. The highest BCUT2D eigenvalue weighted by Crippen LogP contribution is 2.05. The molecule has 11 N–H and O–H groups in total. The number of rotatable bonds is 16. The number of nitrogens with one attached hydrogen (secondary N) is 3. The van der Waals surface area contributed by atoms with Gasteiger partial charge in [-0.3, -0.25) is 24.0 Å². The molecule has 14 nitrogen and oxygen atoms in total. The summed E-state index contributed by atoms with van der Waals surface area (Å²) in [5.41, 5.74) is 15.6. The Bertz CT molecular complexity index is 735. The van der Waals surface area contributed by atoms with E-state index in [1.807, 2.05) is 0 Å². The van der Waals surface area contributed by atoms with Crippen LogP contribution in [0.2, 0.25) is 0 Å². The van der Waals surface area contributed by atoms with Crippen molar-refractivity contribution >= 4 is 47.3 Å². The second-order valence-corrected chi connectivity index (χ2v) is 8.24. The zero-order chi connectivity index (χ0) is 25.7. The third-order valence-electron chi connectivity index (χ3n) is 4.36. The molecule has 5 atom stereocenters. The van der Waals surface area contributed by atoms with Gasteiger partial charge in [0, 0.05) is 6.42 Å². The Morgan fingerprint density at radius 2 is 1.45 bits per heavy atom. The van der Waals surface area contributed by atoms with Crippen molar-refractivity contribution in [2.24, 2.45) is 17.2 Å². The normalized spacial score (nSPS) is 15.3. The summed E-state index contributed by atoms with van der Waals surface area (Å²) in [6.07, 6.45) is -0.581. The van der Waals surface area contributed by atoms with Crippen LogP contribution in [0.15, 0.2) is 0 Å². The first kappa shape index (κ1) is 30.1. The van der Waals surface area contributed by atoms with Crippen LogP contribution in [-0.2, 0) is 28.8 Å². The molecule has 0 heterocycles. The molecule has 0 radical (unpaired) electrons. The molecular formula is C18H32N6O8S. The van der Waals surface area contributed by atoms with Crippen LogP contribution in [0.25, 0.3) is 0 Å². The molecule has 0 aromatic rings. The van der Waals surface area contributed by atoms with Gasteiger partial charge in [0.25, 0.3) is 0 Å². The smallest absolute Gasteiger partial charge is 0.326 e. The van der Waals surface area contributed by atoms with Gasteiger partial charge in [-0.2, -0.15) is 11.8 Å². The molecule has 0 saturated heterocycles. The van der Waals surface area contributed by atoms with E-state index >= 15 is 0 Å². The Labute approximate surface area is 194 Å². The lowest BCUT2D eigenvalue weighted by molar-refractivity contribution is -0.143. The van der Waals surface area contributed by atoms with Crippen molar-refractivity contribution in [3.05, 3.63) is 0 Å². The van der Waals surface area contributed by atoms with E-state index in [1.165, 1.54) is 18.7 Å². The van der Waals surface area contributed by atoms with Crippen LogP contribution in [-0.4, -0.2) is 88.0 Å². The Kier molecular flexibility index (Phi) is 13.7. The van der Waals surface area contributed by atoms with Gasteiger partial charge in [-0.05, 0) is 31.8 Å². The second-order valence-electron chi connectivity index (χ2n) is 7.25. The molecule has 188 valence electrons. The van der Waals surface area contributed by atoms with Gasteiger partial charge in [0.15, 0.2) is 0 Å². The summed E-state index contributed by atoms with van der Waals surface area (Å²) in [6, 6.07) is -5.50. The fraction of sp³-hybridized carbons (Fsp3) is 0.667. The van der Waals surface area contributed by atoms with Gasteiger partial charge >= 0.3 is 5.97 Å². The van der Waals surface area contributed by atoms with E-state index in [0.717, 1.165) is 0 Å². The first-order valence-electron chi connectivity index (χ1n) is 9.93. The number of thioether (sulfide) groups is 1. The lowest BCUT2D eigenvalue weighted by atomic mass is 10.1. The van der Waals surface area contributed by atoms with Crippen molar-refractivity contribution in [3.63, 3.8) is 0 Å². The van der Waals surface area contributed by atoms with Gasteiger partial charge in [0.1, 0.15) is 18.1 Å². The molecule has 5 unspecified atom stereocenters. The van der Waals surface area contributed by atoms with Crippen molar-refractivity contribution < 1.29 is 39.0 Å². The topological polar surface area (TPSA) is 257 Å². The molecule has 0 aliphatic rings. The molecule has 0 aliphatic heterocycles. The fourth-order valence-electron chi connectivity index (χ4n) is 2.56. The third kappa shape index (κ3) is 12.1. The molecule has 0 aromatic carbocycles. The fourth-order valence-corrected chi connectivity index (χ4v) is 3.03. The number of carboxylic acids is 1. The highest BCUT2D eigenvalue weighted by Gasteiger charge is 2.32. The van der Waals surface area contributed by atoms with Crippen LogP contribution in [0.4, 0.5) is 0 Å². The quantitative estimate of drug-likeness (QED) is 0.104. The maximum atomic E-state index is 12.7. The van der Waals surface area contributed by atoms with E-state index in [2.05, 4.69) is 16.0 Å². The number of carbonyl (C=O) groups is 6. The van der Waals surface area contributed by atoms with Gasteiger partial charge in [-0.1, -0.05) is 0 Å². The molecule has 0 fully saturated rings. The Hall–Kier alpha value is -2.91. The highest BCUT2D eigenvalue weighted by molar-refractivity contribution is 7.98. The molecule has 5 amide bonds. The van der Waals surface area contributed by atoms with Crippen molar-refractivity contribution in [1.29, 1.82) is 0 Å². The number of aliphatic hydroxyl groups excluding tert-OH is 1. The van der Waals surface area contributed by atoms with E-state index in [0.29, 0.717) is 5.75 Å². The molecule has 0 saturated carbocycles. The molecule has 0 aliphatic carbocycles. The average Bonchev–Trinajstić information content (AvgIpc) is 2.70. The predicted molar refractivity (Wildman–Crippen MR) is 118 cm³/mol. The molecular weight excluding hydrogens is 460 g/mol. The number of aliphatic carboxylic acids is 1. The van der Waals surface area contributed by atoms with E-state index in [1.54, 1.807) is 6.26 Å². The van der Waals surface area contributed by atoms with Crippen LogP contribution in [0.5, 0.6) is 0 Å². The van der Waals surface area contributed by atoms with Crippen LogP contribution in [0.3, 0.4) is 0 Å². The summed E-state index contributed by atoms with van der Waals surface area (Å²) in [7, 11) is 0. The third-order valence-corrected chi connectivity index (χ3v) is 5.00. The molecule has 0 bridgehead atoms. The zero-order valence-corrected chi connectivity index (χ0v) is 19.2. The monoisotopic (exact) mass is 492 g/mol. The van der Waals surface area contributed by atoms with Gasteiger partial charge < -0.3 is 43.4 Å². The summed E-state index contributed by atoms with van der Waals surface area (Å²) in [4.78, 5) is 70.7. The van der Waals surface area contributed by atoms with Crippen LogP contribution < -0.4 is 33.2 Å². The number of carbonyl (C=O) groups excluding carboxylic acids is 5. The number of primary amides is 2. The van der Waals surface area contributed by atoms with Crippen molar-refractivity contribution in [2.45, 2.75) is 62.9 Å². The standard InChI is InChI=1S/C18H32N6O8S/c1-8(25)14(17(30)23-11(18(31)32)3-4-12(20)26)24-16(29)10(5-6-33-2)22-15(28)9(19)7-13(21)27/h8-11,14,25H,3-7,19H2,1-2H3,(H2,20,26)(H2,21,27)(H,22,28)(H,23,30)(H,24,29)(H,31,32). The predicted octanol–water partition coefficient (Wildman–Crippen LogP) is -3.87. The van der Waals surface area contributed by atoms with Gasteiger partial charge in [0.05, 0.1) is 18.6 Å². The lowest BCUT2D eigenvalue weighted by Crippen LogP contribution is -2.60. The molecule has 15 heteroatoms. The van der Waals surface area contributed by atoms with Crippen LogP contribution in [0, 0.1) is 0 Å². The largest absolute Gasteiger partial charge is 0.480 e. The SMILES string of the molecule is CSCCC(NC(=O)C(N)CC(N)=O)C(=O)NC(C(=O)NC(CCC(N)=O)C(=O)O)C(C)O. The average molecular weight is 493 g/mol. The van der Waals surface area contributed by atoms with Crippen molar-refractivity contribution in [3.8, 4) is 0 Å². The number of hydrogen-bond donors (Lipinski definition) is 8. The molecule has 0 aromatic heterocycles. The summed E-state index contributed by atoms with van der Waals surface area (Å²) in [6.45, 7) is 1.20. The highest BCUT2D eigenvalue weighted by atomic mass is 32.2. The summed E-state index contributed by atoms with van der Waals surface area (Å²) in [5.74, 6) is -5.25. The number of nitrogens with two attached hydrogens (primary N) is 3. The van der Waals surface area contributed by atoms with E-state index < -0.39 is 72.2 Å². The van der Waals surface area contributed by atoms with E-state index in [-0.39, 0.29) is 19.3 Å². The van der Waals surface area contributed by atoms with Gasteiger partial charge in [-0.15, -0.1) is 0 Å². The number of carboxylic acid groups (broad SMARTS) is 1. The Morgan fingerprint density at radius 1 is 0.879 bits per heavy atom. The van der Waals surface area contributed by atoms with Crippen LogP contribution >= 0.6 is 11.8 Å². The number of aliphatic hydroxyl groups is 1. The maximum absolute atomic E-state index is 12.7. The minimum absolute atomic E-state index is 0.131. The minimum Gasteiger partial charge on any atom is -0.480 e. The Balaban J connectivity index is 5.39. The lowest BCUT2D eigenvalue weighted by Gasteiger charge is -2.26. The van der Waals surface area contributed by atoms with E-state index in [9.17, 15) is 39.0 Å². The van der Waals surface area contributed by atoms with Gasteiger partial charge in [-0.25, -0.2) is 4.79 Å². The molecule has 33 heavy (non-hydrogen) atoms. The summed E-state index contributed by atoms with van der Waals surface area (Å²) >= 11 is 1.38. The van der Waals surface area contributed by atoms with Crippen molar-refractivity contribution in [1.82, 2.24) is 16.0 Å². The van der Waals surface area contributed by atoms with E-state index in [4.69, 9.17) is 17.2 Å². The zero-order valence-electron chi connectivity index (χ0n) is 18.4. The molecule has 0 spiro atoms. The second kappa shape index (κ2) is 15.0. The van der Waals surface area contributed by atoms with Gasteiger partial charge in [0.2, 0.25) is 29.5 Å². The van der Waals surface area contributed by atoms with Crippen molar-refractivity contribution in [2.75, 3.05) is 12.0 Å². The Morgan fingerprint density at radius 3 is 1.91 bits per heavy atom. The minimum atomic E-state index is -1.57. The maximum Gasteiger partial charge on any atom is 0.326 e. The first-order valence-corrected chi connectivity index (χ1v) is 11.3. The first-order chi connectivity index (χ1) is 15.3. The van der Waals surface area contributed by atoms with Crippen LogP contribution in [0.1, 0.15) is 32.6 Å². The molecule has 0 rings (SSSR count). The summed E-state index contributed by atoms with van der Waals surface area (Å²) < 4.78 is 0.